The number of nitrogens with two attached hydrogens (primary N) is 1. The lowest BCUT2D eigenvalue weighted by atomic mass is 10.0. The van der Waals surface area contributed by atoms with Crippen molar-refractivity contribution < 1.29 is 4.74 Å². The van der Waals surface area contributed by atoms with Crippen LogP contribution in [0.2, 0.25) is 0 Å². The fourth-order valence-electron chi connectivity index (χ4n) is 1.13. The van der Waals surface area contributed by atoms with Gasteiger partial charge < -0.3 is 15.8 Å². The van der Waals surface area contributed by atoms with Crippen LogP contribution in [0.1, 0.15) is 54.4 Å². The fourth-order valence-corrected chi connectivity index (χ4v) is 1.13. The molecule has 16 heavy (non-hydrogen) atoms. The number of rotatable bonds is 7. The van der Waals surface area contributed by atoms with Crippen molar-refractivity contribution in [2.45, 2.75) is 65.5 Å². The van der Waals surface area contributed by atoms with Crippen LogP contribution in [0.5, 0.6) is 0 Å². The summed E-state index contributed by atoms with van der Waals surface area (Å²) in [6.07, 6.45) is 1.92. The Bertz CT molecular complexity index is 156. The molecule has 0 bridgehead atoms. The Balaban J connectivity index is 0. The molecular weight excluding hydrogens is 200 g/mol. The van der Waals surface area contributed by atoms with Gasteiger partial charge in [-0.25, -0.2) is 0 Å². The lowest BCUT2D eigenvalue weighted by Crippen LogP contribution is -2.38. The van der Waals surface area contributed by atoms with Crippen molar-refractivity contribution in [2.75, 3.05) is 20.2 Å². The van der Waals surface area contributed by atoms with Crippen LogP contribution in [0.3, 0.4) is 0 Å². The molecule has 0 amide bonds. The van der Waals surface area contributed by atoms with Crippen LogP contribution in [0.15, 0.2) is 0 Å². The van der Waals surface area contributed by atoms with E-state index in [-0.39, 0.29) is 11.1 Å². The summed E-state index contributed by atoms with van der Waals surface area (Å²) in [7, 11) is 1.98. The molecule has 0 rings (SSSR count). The zero-order valence-corrected chi connectivity index (χ0v) is 12.3. The molecule has 100 valence electrons. The molecule has 0 unspecified atom stereocenters. The molecule has 0 aromatic carbocycles. The molecule has 0 fully saturated rings. The lowest BCUT2D eigenvalue weighted by Gasteiger charge is -2.29. The van der Waals surface area contributed by atoms with E-state index in [1.54, 1.807) is 0 Å². The molecule has 0 heterocycles. The Morgan fingerprint density at radius 1 is 1.06 bits per heavy atom. The van der Waals surface area contributed by atoms with Crippen LogP contribution in [0.25, 0.3) is 0 Å². The molecule has 0 spiro atoms. The van der Waals surface area contributed by atoms with Gasteiger partial charge in [-0.2, -0.15) is 0 Å². The number of hydrogen-bond acceptors (Lipinski definition) is 3. The molecule has 0 saturated heterocycles. The van der Waals surface area contributed by atoms with Gasteiger partial charge in [0.05, 0.1) is 5.60 Å². The lowest BCUT2D eigenvalue weighted by molar-refractivity contribution is -0.0287. The van der Waals surface area contributed by atoms with Crippen molar-refractivity contribution in [3.63, 3.8) is 0 Å². The van der Waals surface area contributed by atoms with Crippen LogP contribution in [-0.2, 0) is 4.74 Å². The summed E-state index contributed by atoms with van der Waals surface area (Å²) < 4.78 is 5.79. The number of hydrogen-bond donors (Lipinski definition) is 2. The number of ether oxygens (including phenoxy) is 1. The predicted molar refractivity (Wildman–Crippen MR) is 72.8 cm³/mol. The molecular formula is C13H32N2O. The third kappa shape index (κ3) is 10.4. The van der Waals surface area contributed by atoms with Gasteiger partial charge in [0.2, 0.25) is 0 Å². The maximum Gasteiger partial charge on any atom is 0.0638 e. The monoisotopic (exact) mass is 232 g/mol. The molecule has 0 atom stereocenters. The summed E-state index contributed by atoms with van der Waals surface area (Å²) in [6, 6.07) is 0. The third-order valence-corrected chi connectivity index (χ3v) is 2.64. The van der Waals surface area contributed by atoms with Crippen molar-refractivity contribution in [3.05, 3.63) is 0 Å². The summed E-state index contributed by atoms with van der Waals surface area (Å²) in [5.41, 5.74) is 5.57. The first-order valence-corrected chi connectivity index (χ1v) is 6.36. The Morgan fingerprint density at radius 3 is 1.94 bits per heavy atom. The normalized spacial score (nSPS) is 12.0. The van der Waals surface area contributed by atoms with Gasteiger partial charge in [-0.3, -0.25) is 0 Å². The van der Waals surface area contributed by atoms with Gasteiger partial charge in [-0.1, -0.05) is 13.8 Å². The van der Waals surface area contributed by atoms with Gasteiger partial charge in [0.25, 0.3) is 0 Å². The highest BCUT2D eigenvalue weighted by Crippen LogP contribution is 2.16. The predicted octanol–water partition coefficient (Wildman–Crippen LogP) is 2.54. The molecule has 0 aliphatic carbocycles. The smallest absolute Gasteiger partial charge is 0.0638 e. The van der Waals surface area contributed by atoms with E-state index >= 15 is 0 Å². The average Bonchev–Trinajstić information content (AvgIpc) is 2.20. The van der Waals surface area contributed by atoms with Gasteiger partial charge in [0, 0.05) is 12.1 Å². The van der Waals surface area contributed by atoms with Crippen molar-refractivity contribution in [2.24, 2.45) is 5.73 Å². The molecule has 3 N–H and O–H groups in total. The van der Waals surface area contributed by atoms with Crippen LogP contribution in [0.4, 0.5) is 0 Å². The highest BCUT2D eigenvalue weighted by Gasteiger charge is 2.20. The Labute approximate surface area is 102 Å². The van der Waals surface area contributed by atoms with Gasteiger partial charge in [-0.15, -0.1) is 0 Å². The topological polar surface area (TPSA) is 47.3 Å². The Morgan fingerprint density at radius 2 is 1.56 bits per heavy atom. The van der Waals surface area contributed by atoms with E-state index in [2.05, 4.69) is 33.0 Å². The first-order chi connectivity index (χ1) is 7.33. The molecule has 3 nitrogen and oxygen atoms in total. The van der Waals surface area contributed by atoms with E-state index in [1.807, 2.05) is 20.9 Å². The second-order valence-electron chi connectivity index (χ2n) is 5.03. The molecule has 0 radical (unpaired) electrons. The second kappa shape index (κ2) is 8.97. The zero-order valence-electron chi connectivity index (χ0n) is 12.3. The van der Waals surface area contributed by atoms with Gasteiger partial charge in [0.1, 0.15) is 0 Å². The molecule has 3 heteroatoms. The van der Waals surface area contributed by atoms with E-state index in [1.165, 1.54) is 0 Å². The summed E-state index contributed by atoms with van der Waals surface area (Å²) in [4.78, 5) is 0. The fraction of sp³-hybridized carbons (Fsp3) is 1.00. The minimum absolute atomic E-state index is 0.0848. The zero-order chi connectivity index (χ0) is 13.2. The van der Waals surface area contributed by atoms with Gasteiger partial charge >= 0.3 is 0 Å². The van der Waals surface area contributed by atoms with E-state index in [9.17, 15) is 0 Å². The first-order valence-electron chi connectivity index (χ1n) is 6.36. The second-order valence-corrected chi connectivity index (χ2v) is 5.03. The Hall–Kier alpha value is -0.120. The van der Waals surface area contributed by atoms with Crippen LogP contribution in [0, 0.1) is 0 Å². The average molecular weight is 232 g/mol. The maximum absolute atomic E-state index is 5.79. The van der Waals surface area contributed by atoms with Crippen LogP contribution in [-0.4, -0.2) is 31.3 Å². The van der Waals surface area contributed by atoms with Gasteiger partial charge in [-0.05, 0) is 54.1 Å². The third-order valence-electron chi connectivity index (χ3n) is 2.64. The van der Waals surface area contributed by atoms with E-state index in [0.717, 1.165) is 19.4 Å². The maximum atomic E-state index is 5.79. The summed E-state index contributed by atoms with van der Waals surface area (Å²) in [5.74, 6) is 0. The van der Waals surface area contributed by atoms with Crippen molar-refractivity contribution in [3.8, 4) is 0 Å². The molecule has 0 aliphatic heterocycles. The van der Waals surface area contributed by atoms with E-state index in [4.69, 9.17) is 10.5 Å². The largest absolute Gasteiger partial charge is 0.375 e. The standard InChI is InChI=1S/C11H26N2O.C2H6/c1-10(2,13-5)7-9-14-11(3,4)6-8-12;1-2/h13H,6-9,12H2,1-5H3;1-2H3. The van der Waals surface area contributed by atoms with Crippen molar-refractivity contribution in [1.29, 1.82) is 0 Å². The highest BCUT2D eigenvalue weighted by molar-refractivity contribution is 4.76. The van der Waals surface area contributed by atoms with Gasteiger partial charge in [0.15, 0.2) is 0 Å². The molecule has 0 saturated carbocycles. The quantitative estimate of drug-likeness (QED) is 0.709. The SMILES string of the molecule is CC.CNC(C)(C)CCOC(C)(C)CCN. The highest BCUT2D eigenvalue weighted by atomic mass is 16.5. The minimum atomic E-state index is -0.0848. The summed E-state index contributed by atoms with van der Waals surface area (Å²) >= 11 is 0. The van der Waals surface area contributed by atoms with E-state index in [0.29, 0.717) is 6.54 Å². The molecule has 0 aromatic heterocycles. The first kappa shape index (κ1) is 18.3. The molecule has 0 aliphatic rings. The van der Waals surface area contributed by atoms with Crippen molar-refractivity contribution in [1.82, 2.24) is 5.32 Å². The van der Waals surface area contributed by atoms with Crippen LogP contribution >= 0.6 is 0 Å². The number of nitrogens with one attached hydrogen (secondary N) is 1. The molecule has 0 aromatic rings. The summed E-state index contributed by atoms with van der Waals surface area (Å²) in [5, 5.41) is 3.25. The van der Waals surface area contributed by atoms with E-state index < -0.39 is 0 Å². The minimum Gasteiger partial charge on any atom is -0.375 e. The van der Waals surface area contributed by atoms with Crippen LogP contribution < -0.4 is 11.1 Å². The van der Waals surface area contributed by atoms with Crippen molar-refractivity contribution >= 4 is 0 Å². The Kier molecular flexibility index (Phi) is 10.2. The summed E-state index contributed by atoms with van der Waals surface area (Å²) in [6.45, 7) is 14.0.